The van der Waals surface area contributed by atoms with E-state index in [1.54, 1.807) is 20.0 Å². The molecule has 4 heteroatoms. The van der Waals surface area contributed by atoms with E-state index in [1.165, 1.54) is 0 Å². The second-order valence-corrected chi connectivity index (χ2v) is 3.74. The van der Waals surface area contributed by atoms with Crippen molar-refractivity contribution in [3.8, 4) is 0 Å². The van der Waals surface area contributed by atoms with Crippen LogP contribution in [0.15, 0.2) is 11.8 Å². The van der Waals surface area contributed by atoms with Gasteiger partial charge in [0.15, 0.2) is 0 Å². The number of carbonyl (C=O) groups excluding carboxylic acids is 1. The molecule has 1 fully saturated rings. The van der Waals surface area contributed by atoms with Crippen LogP contribution in [-0.2, 0) is 4.79 Å². The van der Waals surface area contributed by atoms with Crippen LogP contribution in [0.4, 0.5) is 0 Å². The predicted molar refractivity (Wildman–Crippen MR) is 52.0 cm³/mol. The van der Waals surface area contributed by atoms with Gasteiger partial charge in [0, 0.05) is 24.9 Å². The molecule has 0 aliphatic carbocycles. The Hall–Kier alpha value is -1.16. The molecule has 1 rings (SSSR count). The van der Waals surface area contributed by atoms with Crippen LogP contribution >= 0.6 is 0 Å². The fourth-order valence-electron chi connectivity index (χ4n) is 0.988. The highest BCUT2D eigenvalue weighted by Gasteiger charge is 2.16. The molecule has 1 aliphatic rings. The maximum absolute atomic E-state index is 10.6. The van der Waals surface area contributed by atoms with Crippen molar-refractivity contribution in [2.75, 3.05) is 13.1 Å². The third kappa shape index (κ3) is 2.66. The van der Waals surface area contributed by atoms with E-state index in [1.807, 2.05) is 0 Å². The molecule has 1 saturated heterocycles. The molecule has 0 saturated carbocycles. The summed E-state index contributed by atoms with van der Waals surface area (Å²) in [5.41, 5.74) is 0.972. The van der Waals surface area contributed by atoms with Gasteiger partial charge in [-0.15, -0.1) is 0 Å². The van der Waals surface area contributed by atoms with Gasteiger partial charge in [-0.1, -0.05) is 0 Å². The smallest absolute Gasteiger partial charge is 0.144 e. The molecule has 0 aromatic heterocycles. The molecule has 72 valence electrons. The van der Waals surface area contributed by atoms with Crippen molar-refractivity contribution in [2.24, 2.45) is 0 Å². The second kappa shape index (κ2) is 3.70. The highest BCUT2D eigenvalue weighted by atomic mass is 16.1. The number of carbonyl (C=O) groups is 1. The number of nitrogens with one attached hydrogen (secondary N) is 3. The van der Waals surface area contributed by atoms with E-state index in [9.17, 15) is 4.79 Å². The third-order valence-corrected chi connectivity index (χ3v) is 1.92. The van der Waals surface area contributed by atoms with Gasteiger partial charge in [0.1, 0.15) is 6.29 Å². The Labute approximate surface area is 77.9 Å². The molecular weight excluding hydrogens is 166 g/mol. The van der Waals surface area contributed by atoms with Crippen molar-refractivity contribution in [2.45, 2.75) is 19.4 Å². The summed E-state index contributed by atoms with van der Waals surface area (Å²) in [7, 11) is 0. The summed E-state index contributed by atoms with van der Waals surface area (Å²) in [5, 5.41) is 13.5. The zero-order valence-corrected chi connectivity index (χ0v) is 7.98. The third-order valence-electron chi connectivity index (χ3n) is 1.92. The van der Waals surface area contributed by atoms with Crippen molar-refractivity contribution in [3.63, 3.8) is 0 Å². The van der Waals surface area contributed by atoms with Gasteiger partial charge in [0.2, 0.25) is 0 Å². The summed E-state index contributed by atoms with van der Waals surface area (Å²) >= 11 is 0. The van der Waals surface area contributed by atoms with Crippen LogP contribution in [0.2, 0.25) is 0 Å². The van der Waals surface area contributed by atoms with Gasteiger partial charge in [-0.3, -0.25) is 0 Å². The Morgan fingerprint density at radius 3 is 2.69 bits per heavy atom. The number of aldehydes is 1. The average molecular weight is 181 g/mol. The largest absolute Gasteiger partial charge is 0.379 e. The van der Waals surface area contributed by atoms with Crippen LogP contribution in [0.1, 0.15) is 13.8 Å². The normalized spacial score (nSPS) is 20.8. The van der Waals surface area contributed by atoms with Gasteiger partial charge in [0.25, 0.3) is 0 Å². The van der Waals surface area contributed by atoms with Crippen LogP contribution in [0.5, 0.6) is 0 Å². The molecule has 4 nitrogen and oxygen atoms in total. The molecule has 0 aromatic carbocycles. The Morgan fingerprint density at radius 2 is 2.23 bits per heavy atom. The molecule has 3 N–H and O–H groups in total. The van der Waals surface area contributed by atoms with E-state index >= 15 is 0 Å². The van der Waals surface area contributed by atoms with Gasteiger partial charge in [-0.2, -0.15) is 0 Å². The van der Waals surface area contributed by atoms with Crippen LogP contribution < -0.4 is 10.6 Å². The van der Waals surface area contributed by atoms with Crippen molar-refractivity contribution < 1.29 is 4.79 Å². The monoisotopic (exact) mass is 181 g/mol. The molecule has 1 heterocycles. The molecular formula is C9H15N3O. The maximum atomic E-state index is 10.6. The van der Waals surface area contributed by atoms with E-state index < -0.39 is 5.54 Å². The van der Waals surface area contributed by atoms with Gasteiger partial charge >= 0.3 is 0 Å². The number of hydrogen-bond donors (Lipinski definition) is 3. The molecule has 0 aromatic rings. The second-order valence-electron chi connectivity index (χ2n) is 3.74. The van der Waals surface area contributed by atoms with Crippen LogP contribution in [-0.4, -0.2) is 30.6 Å². The average Bonchev–Trinajstić information content (AvgIpc) is 2.48. The molecule has 1 aliphatic heterocycles. The molecule has 13 heavy (non-hydrogen) atoms. The fraction of sp³-hybridized carbons (Fsp3) is 0.556. The summed E-state index contributed by atoms with van der Waals surface area (Å²) in [5.74, 6) is 0. The minimum Gasteiger partial charge on any atom is -0.379 e. The molecule has 0 radical (unpaired) electrons. The summed E-state index contributed by atoms with van der Waals surface area (Å²) < 4.78 is 0. The lowest BCUT2D eigenvalue weighted by Gasteiger charge is -2.17. The summed E-state index contributed by atoms with van der Waals surface area (Å²) in [6, 6.07) is 0. The topological polar surface area (TPSA) is 65.0 Å². The van der Waals surface area contributed by atoms with Gasteiger partial charge in [-0.25, -0.2) is 0 Å². The van der Waals surface area contributed by atoms with Gasteiger partial charge < -0.3 is 20.8 Å². The highest BCUT2D eigenvalue weighted by Crippen LogP contribution is 2.03. The lowest BCUT2D eigenvalue weighted by molar-refractivity contribution is -0.111. The van der Waals surface area contributed by atoms with Crippen molar-refractivity contribution in [1.82, 2.24) is 10.6 Å². The highest BCUT2D eigenvalue weighted by molar-refractivity contribution is 6.01. The number of hydrogen-bond acceptors (Lipinski definition) is 4. The van der Waals surface area contributed by atoms with Crippen molar-refractivity contribution in [1.29, 1.82) is 5.41 Å². The Morgan fingerprint density at radius 1 is 1.54 bits per heavy atom. The predicted octanol–water partition coefficient (Wildman–Crippen LogP) is 0.0604. The Kier molecular flexibility index (Phi) is 2.83. The minimum atomic E-state index is -0.546. The lowest BCUT2D eigenvalue weighted by Crippen LogP contribution is -2.37. The first-order chi connectivity index (χ1) is 6.05. The van der Waals surface area contributed by atoms with E-state index in [-0.39, 0.29) is 0 Å². The fourth-order valence-corrected chi connectivity index (χ4v) is 0.988. The zero-order valence-electron chi connectivity index (χ0n) is 7.98. The molecule has 0 spiro atoms. The maximum Gasteiger partial charge on any atom is 0.144 e. The summed E-state index contributed by atoms with van der Waals surface area (Å²) in [6.07, 6.45) is 2.60. The standard InChI is InChI=1S/C9H15N3O/c1-9(2,6-13)12-4-7-3-11-5-8(7)10/h4,6,10-12H,3,5H2,1-2H3/b7-4-,10-8?. The van der Waals surface area contributed by atoms with Gasteiger partial charge in [0.05, 0.1) is 11.3 Å². The van der Waals surface area contributed by atoms with E-state index in [4.69, 9.17) is 5.41 Å². The van der Waals surface area contributed by atoms with Gasteiger partial charge in [-0.05, 0) is 13.8 Å². The van der Waals surface area contributed by atoms with Crippen LogP contribution in [0.25, 0.3) is 0 Å². The zero-order chi connectivity index (χ0) is 9.90. The summed E-state index contributed by atoms with van der Waals surface area (Å²) in [6.45, 7) is 4.92. The quantitative estimate of drug-likeness (QED) is 0.539. The molecule has 0 bridgehead atoms. The summed E-state index contributed by atoms with van der Waals surface area (Å²) in [4.78, 5) is 10.6. The Balaban J connectivity index is 2.57. The molecule has 0 atom stereocenters. The van der Waals surface area contributed by atoms with E-state index in [0.717, 1.165) is 11.9 Å². The first-order valence-electron chi connectivity index (χ1n) is 4.27. The van der Waals surface area contributed by atoms with Crippen LogP contribution in [0.3, 0.4) is 0 Å². The lowest BCUT2D eigenvalue weighted by atomic mass is 10.1. The Bertz CT molecular complexity index is 256. The SMILES string of the molecule is CC(C)(C=O)N/C=C1/CNCC1=N. The molecule has 0 amide bonds. The van der Waals surface area contributed by atoms with E-state index in [2.05, 4.69) is 10.6 Å². The van der Waals surface area contributed by atoms with Crippen LogP contribution in [0, 0.1) is 5.41 Å². The first kappa shape index (κ1) is 9.92. The van der Waals surface area contributed by atoms with E-state index in [0.29, 0.717) is 18.8 Å². The first-order valence-corrected chi connectivity index (χ1v) is 4.27. The number of rotatable bonds is 3. The van der Waals surface area contributed by atoms with Crippen molar-refractivity contribution >= 4 is 12.0 Å². The minimum absolute atomic E-state index is 0.546. The van der Waals surface area contributed by atoms with Crippen molar-refractivity contribution in [3.05, 3.63) is 11.8 Å². The molecule has 0 unspecified atom stereocenters.